The number of carbonyl (C=O) groups is 2. The maximum Gasteiger partial charge on any atom is 0.340 e. The number of hydrogen-bond acceptors (Lipinski definition) is 6. The number of methoxy groups -OCH3 is 1. The first-order valence-electron chi connectivity index (χ1n) is 9.56. The van der Waals surface area contributed by atoms with Gasteiger partial charge in [-0.25, -0.2) is 14.1 Å². The van der Waals surface area contributed by atoms with Crippen LogP contribution in [-0.4, -0.2) is 40.3 Å². The zero-order chi connectivity index (χ0) is 21.3. The third kappa shape index (κ3) is 3.48. The van der Waals surface area contributed by atoms with Crippen LogP contribution in [0.3, 0.4) is 0 Å². The first kappa shape index (κ1) is 20.5. The highest BCUT2D eigenvalue weighted by Gasteiger charge is 2.31. The molecule has 0 aliphatic heterocycles. The summed E-state index contributed by atoms with van der Waals surface area (Å²) in [6.07, 6.45) is 1.84. The number of ether oxygens (including phenoxy) is 2. The van der Waals surface area contributed by atoms with Crippen molar-refractivity contribution in [3.63, 3.8) is 0 Å². The van der Waals surface area contributed by atoms with Gasteiger partial charge >= 0.3 is 11.9 Å². The van der Waals surface area contributed by atoms with Crippen molar-refractivity contribution in [2.75, 3.05) is 13.7 Å². The van der Waals surface area contributed by atoms with E-state index < -0.39 is 11.9 Å². The van der Waals surface area contributed by atoms with Gasteiger partial charge in [-0.15, -0.1) is 0 Å². The molecule has 3 aromatic rings. The predicted molar refractivity (Wildman–Crippen MR) is 109 cm³/mol. The molecule has 0 amide bonds. The molecule has 0 aliphatic rings. The van der Waals surface area contributed by atoms with Gasteiger partial charge in [-0.2, -0.15) is 5.10 Å². The fourth-order valence-corrected chi connectivity index (χ4v) is 3.58. The Bertz CT molecular complexity index is 1100. The van der Waals surface area contributed by atoms with Crippen LogP contribution in [0.25, 0.3) is 16.6 Å². The van der Waals surface area contributed by atoms with Gasteiger partial charge in [-0.05, 0) is 38.8 Å². The SMILES string of the molecule is CCOC(=O)c1c(C)nc(C)c(C(=O)OC)c1-c1c(C(C)C)nn2ccccc12. The molecule has 0 saturated heterocycles. The van der Waals surface area contributed by atoms with Crippen LogP contribution in [0.1, 0.15) is 64.5 Å². The minimum atomic E-state index is -0.555. The molecule has 7 nitrogen and oxygen atoms in total. The highest BCUT2D eigenvalue weighted by atomic mass is 16.5. The van der Waals surface area contributed by atoms with Gasteiger partial charge in [0.05, 0.1) is 47.4 Å². The molecule has 7 heteroatoms. The molecule has 0 unspecified atom stereocenters. The lowest BCUT2D eigenvalue weighted by Crippen LogP contribution is -2.17. The minimum Gasteiger partial charge on any atom is -0.465 e. The number of rotatable bonds is 5. The van der Waals surface area contributed by atoms with Crippen molar-refractivity contribution in [1.29, 1.82) is 0 Å². The quantitative estimate of drug-likeness (QED) is 0.605. The molecule has 3 aromatic heterocycles. The lowest BCUT2D eigenvalue weighted by molar-refractivity contribution is 0.0526. The minimum absolute atomic E-state index is 0.0548. The Morgan fingerprint density at radius 1 is 1.07 bits per heavy atom. The maximum absolute atomic E-state index is 12.9. The molecule has 0 aromatic carbocycles. The largest absolute Gasteiger partial charge is 0.465 e. The lowest BCUT2D eigenvalue weighted by atomic mass is 9.89. The number of hydrogen-bond donors (Lipinski definition) is 0. The summed E-state index contributed by atoms with van der Waals surface area (Å²) in [5, 5.41) is 4.71. The van der Waals surface area contributed by atoms with Crippen LogP contribution in [-0.2, 0) is 9.47 Å². The molecule has 152 valence electrons. The first-order chi connectivity index (χ1) is 13.8. The first-order valence-corrected chi connectivity index (χ1v) is 9.56. The van der Waals surface area contributed by atoms with E-state index in [1.165, 1.54) is 7.11 Å². The average Bonchev–Trinajstić information content (AvgIpc) is 3.06. The number of pyridine rings is 2. The van der Waals surface area contributed by atoms with Crippen LogP contribution in [0.4, 0.5) is 0 Å². The summed E-state index contributed by atoms with van der Waals surface area (Å²) in [6.45, 7) is 9.47. The van der Waals surface area contributed by atoms with E-state index in [4.69, 9.17) is 14.6 Å². The molecule has 0 bridgehead atoms. The van der Waals surface area contributed by atoms with Gasteiger partial charge < -0.3 is 9.47 Å². The molecule has 29 heavy (non-hydrogen) atoms. The van der Waals surface area contributed by atoms with Gasteiger partial charge in [-0.3, -0.25) is 4.98 Å². The van der Waals surface area contributed by atoms with E-state index >= 15 is 0 Å². The number of aromatic nitrogens is 3. The highest BCUT2D eigenvalue weighted by molar-refractivity contribution is 6.09. The van der Waals surface area contributed by atoms with Gasteiger partial charge in [0.2, 0.25) is 0 Å². The second kappa shape index (κ2) is 8.03. The van der Waals surface area contributed by atoms with Crippen molar-refractivity contribution in [2.45, 2.75) is 40.5 Å². The number of nitrogens with zero attached hydrogens (tertiary/aromatic N) is 3. The summed E-state index contributed by atoms with van der Waals surface area (Å²) in [4.78, 5) is 30.1. The number of fused-ring (bicyclic) bond motifs is 1. The van der Waals surface area contributed by atoms with Gasteiger partial charge in [0.15, 0.2) is 0 Å². The van der Waals surface area contributed by atoms with Crippen molar-refractivity contribution in [3.8, 4) is 11.1 Å². The van der Waals surface area contributed by atoms with Crippen molar-refractivity contribution >= 4 is 17.5 Å². The van der Waals surface area contributed by atoms with E-state index in [1.807, 2.05) is 38.2 Å². The Hall–Kier alpha value is -3.22. The predicted octanol–water partition coefficient (Wildman–Crippen LogP) is 4.10. The number of esters is 2. The third-order valence-corrected chi connectivity index (χ3v) is 4.79. The van der Waals surface area contributed by atoms with Gasteiger partial charge in [0, 0.05) is 17.3 Å². The summed E-state index contributed by atoms with van der Waals surface area (Å²) in [6, 6.07) is 5.69. The van der Waals surface area contributed by atoms with Crippen LogP contribution in [0.15, 0.2) is 24.4 Å². The average molecular weight is 395 g/mol. The molecule has 0 aliphatic carbocycles. The summed E-state index contributed by atoms with van der Waals surface area (Å²) < 4.78 is 12.1. The fraction of sp³-hybridized carbons (Fsp3) is 0.364. The smallest absolute Gasteiger partial charge is 0.340 e. The van der Waals surface area contributed by atoms with Crippen molar-refractivity contribution in [2.24, 2.45) is 0 Å². The Morgan fingerprint density at radius 3 is 2.31 bits per heavy atom. The molecule has 3 rings (SSSR count). The highest BCUT2D eigenvalue weighted by Crippen LogP contribution is 2.39. The molecule has 0 spiro atoms. The molecule has 0 atom stereocenters. The summed E-state index contributed by atoms with van der Waals surface area (Å²) >= 11 is 0. The molecular weight excluding hydrogens is 370 g/mol. The second-order valence-corrected chi connectivity index (χ2v) is 7.07. The van der Waals surface area contributed by atoms with E-state index in [0.717, 1.165) is 16.8 Å². The van der Waals surface area contributed by atoms with Crippen molar-refractivity contribution in [3.05, 3.63) is 52.6 Å². The Morgan fingerprint density at radius 2 is 1.72 bits per heavy atom. The van der Waals surface area contributed by atoms with E-state index in [-0.39, 0.29) is 23.7 Å². The fourth-order valence-electron chi connectivity index (χ4n) is 3.58. The van der Waals surface area contributed by atoms with Crippen LogP contribution >= 0.6 is 0 Å². The Balaban J connectivity index is 2.55. The van der Waals surface area contributed by atoms with Gasteiger partial charge in [-0.1, -0.05) is 19.9 Å². The zero-order valence-corrected chi connectivity index (χ0v) is 17.6. The van der Waals surface area contributed by atoms with Gasteiger partial charge in [0.1, 0.15) is 0 Å². The number of aryl methyl sites for hydroxylation is 2. The van der Waals surface area contributed by atoms with Crippen molar-refractivity contribution in [1.82, 2.24) is 14.6 Å². The van der Waals surface area contributed by atoms with Crippen LogP contribution < -0.4 is 0 Å². The summed E-state index contributed by atoms with van der Waals surface area (Å²) in [5.74, 6) is -1.03. The van der Waals surface area contributed by atoms with E-state index in [1.54, 1.807) is 25.3 Å². The monoisotopic (exact) mass is 395 g/mol. The molecule has 0 N–H and O–H groups in total. The Kier molecular flexibility index (Phi) is 5.68. The number of carbonyl (C=O) groups excluding carboxylic acids is 2. The van der Waals surface area contributed by atoms with E-state index in [2.05, 4.69) is 4.98 Å². The zero-order valence-electron chi connectivity index (χ0n) is 17.6. The van der Waals surface area contributed by atoms with Gasteiger partial charge in [0.25, 0.3) is 0 Å². The third-order valence-electron chi connectivity index (χ3n) is 4.79. The molecule has 0 fully saturated rings. The van der Waals surface area contributed by atoms with E-state index in [0.29, 0.717) is 17.0 Å². The van der Waals surface area contributed by atoms with E-state index in [9.17, 15) is 9.59 Å². The summed E-state index contributed by atoms with van der Waals surface area (Å²) in [7, 11) is 1.31. The summed E-state index contributed by atoms with van der Waals surface area (Å²) in [5.41, 5.74) is 4.24. The molecule has 0 saturated carbocycles. The second-order valence-electron chi connectivity index (χ2n) is 7.07. The molecule has 0 radical (unpaired) electrons. The standard InChI is InChI=1S/C22H25N3O4/c1-7-29-22(27)17-14(5)23-13(4)16(21(26)28-6)19(17)18-15-10-8-9-11-25(15)24-20(18)12(2)3/h8-12H,7H2,1-6H3. The topological polar surface area (TPSA) is 82.8 Å². The van der Waals surface area contributed by atoms with Crippen molar-refractivity contribution < 1.29 is 19.1 Å². The molecule has 3 heterocycles. The Labute approximate surface area is 169 Å². The molecular formula is C22H25N3O4. The maximum atomic E-state index is 12.9. The van der Waals surface area contributed by atoms with Crippen LogP contribution in [0.2, 0.25) is 0 Å². The normalized spacial score (nSPS) is 11.1. The lowest BCUT2D eigenvalue weighted by Gasteiger charge is -2.18. The van der Waals surface area contributed by atoms with Crippen LogP contribution in [0, 0.1) is 13.8 Å². The van der Waals surface area contributed by atoms with Crippen LogP contribution in [0.5, 0.6) is 0 Å².